The molecule has 4 aromatic rings. The maximum absolute atomic E-state index is 12.2. The monoisotopic (exact) mass is 419 g/mol. The first-order valence-electron chi connectivity index (χ1n) is 9.75. The molecular formula is C23H22ClN5O. The molecule has 0 spiro atoms. The van der Waals surface area contributed by atoms with Crippen molar-refractivity contribution in [2.75, 3.05) is 11.9 Å². The highest BCUT2D eigenvalue weighted by molar-refractivity contribution is 6.31. The lowest BCUT2D eigenvalue weighted by atomic mass is 10.2. The zero-order valence-electron chi connectivity index (χ0n) is 16.6. The molecule has 2 aromatic carbocycles. The lowest BCUT2D eigenvalue weighted by Gasteiger charge is -2.11. The summed E-state index contributed by atoms with van der Waals surface area (Å²) in [6, 6.07) is 19.2. The number of carbonyl (C=O) groups excluding carboxylic acids is 1. The molecule has 6 nitrogen and oxygen atoms in total. The topological polar surface area (TPSA) is 71.8 Å². The highest BCUT2D eigenvalue weighted by atomic mass is 35.5. The summed E-state index contributed by atoms with van der Waals surface area (Å²) in [4.78, 5) is 21.5. The van der Waals surface area contributed by atoms with Crippen molar-refractivity contribution in [2.45, 2.75) is 19.9 Å². The molecular weight excluding hydrogens is 398 g/mol. The van der Waals surface area contributed by atoms with E-state index in [-0.39, 0.29) is 6.03 Å². The predicted molar refractivity (Wildman–Crippen MR) is 120 cm³/mol. The van der Waals surface area contributed by atoms with Crippen molar-refractivity contribution in [1.82, 2.24) is 19.9 Å². The summed E-state index contributed by atoms with van der Waals surface area (Å²) in [5.41, 5.74) is 4.49. The summed E-state index contributed by atoms with van der Waals surface area (Å²) in [6.45, 7) is 3.05. The van der Waals surface area contributed by atoms with Crippen molar-refractivity contribution in [3.05, 3.63) is 88.8 Å². The maximum Gasteiger partial charge on any atom is 0.319 e. The van der Waals surface area contributed by atoms with Crippen molar-refractivity contribution in [3.63, 3.8) is 0 Å². The number of hydrogen-bond donors (Lipinski definition) is 2. The number of fused-ring (bicyclic) bond motifs is 1. The summed E-state index contributed by atoms with van der Waals surface area (Å²) >= 11 is 6.12. The number of halogens is 1. The van der Waals surface area contributed by atoms with E-state index in [0.29, 0.717) is 30.2 Å². The number of amides is 2. The molecule has 0 saturated carbocycles. The van der Waals surface area contributed by atoms with Gasteiger partial charge >= 0.3 is 6.03 Å². The predicted octanol–water partition coefficient (Wildman–Crippen LogP) is 4.81. The fourth-order valence-electron chi connectivity index (χ4n) is 3.26. The highest BCUT2D eigenvalue weighted by Crippen LogP contribution is 2.20. The number of aromatic nitrogens is 3. The van der Waals surface area contributed by atoms with Crippen LogP contribution in [0.3, 0.4) is 0 Å². The SMILES string of the molecule is Cc1ccc(NC(=O)NCCc2nc3cccnc3n2Cc2ccccc2)cc1Cl. The van der Waals surface area contributed by atoms with Crippen LogP contribution in [0.2, 0.25) is 5.02 Å². The Morgan fingerprint density at radius 2 is 1.93 bits per heavy atom. The summed E-state index contributed by atoms with van der Waals surface area (Å²) < 4.78 is 2.10. The highest BCUT2D eigenvalue weighted by Gasteiger charge is 2.12. The zero-order valence-corrected chi connectivity index (χ0v) is 17.4. The van der Waals surface area contributed by atoms with Crippen LogP contribution >= 0.6 is 11.6 Å². The third-order valence-corrected chi connectivity index (χ3v) is 5.24. The molecule has 4 rings (SSSR count). The van der Waals surface area contributed by atoms with Crippen LogP contribution in [0.5, 0.6) is 0 Å². The molecule has 0 aliphatic heterocycles. The first kappa shape index (κ1) is 19.9. The fourth-order valence-corrected chi connectivity index (χ4v) is 3.44. The van der Waals surface area contributed by atoms with E-state index in [0.717, 1.165) is 22.6 Å². The van der Waals surface area contributed by atoms with E-state index in [4.69, 9.17) is 16.6 Å². The second-order valence-corrected chi connectivity index (χ2v) is 7.45. The molecule has 2 amide bonds. The van der Waals surface area contributed by atoms with Crippen LogP contribution in [0.15, 0.2) is 66.9 Å². The number of benzene rings is 2. The van der Waals surface area contributed by atoms with Crippen molar-refractivity contribution in [3.8, 4) is 0 Å². The van der Waals surface area contributed by atoms with Crippen LogP contribution in [-0.4, -0.2) is 27.1 Å². The molecule has 0 aliphatic carbocycles. The molecule has 0 bridgehead atoms. The minimum Gasteiger partial charge on any atom is -0.337 e. The molecule has 0 fully saturated rings. The van der Waals surface area contributed by atoms with Gasteiger partial charge in [-0.05, 0) is 42.3 Å². The van der Waals surface area contributed by atoms with Gasteiger partial charge in [-0.2, -0.15) is 0 Å². The Balaban J connectivity index is 1.44. The van der Waals surface area contributed by atoms with Crippen LogP contribution in [0, 0.1) is 6.92 Å². The van der Waals surface area contributed by atoms with Gasteiger partial charge < -0.3 is 15.2 Å². The van der Waals surface area contributed by atoms with Gasteiger partial charge in [0.05, 0.1) is 6.54 Å². The molecule has 0 saturated heterocycles. The Kier molecular flexibility index (Phi) is 5.95. The Morgan fingerprint density at radius 3 is 2.73 bits per heavy atom. The summed E-state index contributed by atoms with van der Waals surface area (Å²) in [5.74, 6) is 0.881. The number of anilines is 1. The summed E-state index contributed by atoms with van der Waals surface area (Å²) in [7, 11) is 0. The lowest BCUT2D eigenvalue weighted by Crippen LogP contribution is -2.31. The van der Waals surface area contributed by atoms with Gasteiger partial charge in [0, 0.05) is 29.9 Å². The first-order chi connectivity index (χ1) is 14.6. The third kappa shape index (κ3) is 4.60. The van der Waals surface area contributed by atoms with Crippen LogP contribution in [0.1, 0.15) is 17.0 Å². The molecule has 152 valence electrons. The van der Waals surface area contributed by atoms with E-state index in [9.17, 15) is 4.79 Å². The van der Waals surface area contributed by atoms with E-state index < -0.39 is 0 Å². The average Bonchev–Trinajstić information content (AvgIpc) is 3.09. The number of nitrogens with one attached hydrogen (secondary N) is 2. The molecule has 2 N–H and O–H groups in total. The van der Waals surface area contributed by atoms with Gasteiger partial charge in [-0.3, -0.25) is 0 Å². The van der Waals surface area contributed by atoms with E-state index in [1.54, 1.807) is 12.3 Å². The van der Waals surface area contributed by atoms with E-state index in [1.165, 1.54) is 5.56 Å². The van der Waals surface area contributed by atoms with E-state index in [2.05, 4.69) is 32.3 Å². The van der Waals surface area contributed by atoms with Crippen LogP contribution in [0.25, 0.3) is 11.2 Å². The molecule has 30 heavy (non-hydrogen) atoms. The second kappa shape index (κ2) is 8.97. The van der Waals surface area contributed by atoms with Gasteiger partial charge in [0.15, 0.2) is 5.65 Å². The van der Waals surface area contributed by atoms with Crippen molar-refractivity contribution >= 4 is 34.5 Å². The average molecular weight is 420 g/mol. The van der Waals surface area contributed by atoms with Gasteiger partial charge in [0.25, 0.3) is 0 Å². The number of rotatable bonds is 6. The number of hydrogen-bond acceptors (Lipinski definition) is 3. The third-order valence-electron chi connectivity index (χ3n) is 4.83. The standard InChI is InChI=1S/C23H22ClN5O/c1-16-9-10-18(14-19(16)24)27-23(30)26-13-11-21-28-20-8-5-12-25-22(20)29(21)15-17-6-3-2-4-7-17/h2-10,12,14H,11,13,15H2,1H3,(H2,26,27,30). The van der Waals surface area contributed by atoms with Gasteiger partial charge in [-0.1, -0.05) is 48.0 Å². The molecule has 0 unspecified atom stereocenters. The number of nitrogens with zero attached hydrogens (tertiary/aromatic N) is 3. The molecule has 0 aliphatic rings. The van der Waals surface area contributed by atoms with Gasteiger partial charge in [0.1, 0.15) is 11.3 Å². The second-order valence-electron chi connectivity index (χ2n) is 7.04. The van der Waals surface area contributed by atoms with Crippen LogP contribution < -0.4 is 10.6 Å². The minimum atomic E-state index is -0.279. The minimum absolute atomic E-state index is 0.279. The number of aryl methyl sites for hydroxylation is 1. The molecule has 7 heteroatoms. The molecule has 2 heterocycles. The smallest absolute Gasteiger partial charge is 0.319 e. The largest absolute Gasteiger partial charge is 0.337 e. The van der Waals surface area contributed by atoms with E-state index in [1.807, 2.05) is 49.4 Å². The van der Waals surface area contributed by atoms with E-state index >= 15 is 0 Å². The fraction of sp³-hybridized carbons (Fsp3) is 0.174. The summed E-state index contributed by atoms with van der Waals surface area (Å²) in [5, 5.41) is 6.31. The number of imidazole rings is 1. The first-order valence-corrected chi connectivity index (χ1v) is 10.1. The van der Waals surface area contributed by atoms with Crippen molar-refractivity contribution in [2.24, 2.45) is 0 Å². The van der Waals surface area contributed by atoms with Gasteiger partial charge in [-0.25, -0.2) is 14.8 Å². The van der Waals surface area contributed by atoms with Crippen LogP contribution in [-0.2, 0) is 13.0 Å². The number of pyridine rings is 1. The molecule has 0 radical (unpaired) electrons. The molecule has 2 aromatic heterocycles. The molecule has 0 atom stereocenters. The maximum atomic E-state index is 12.2. The van der Waals surface area contributed by atoms with Gasteiger partial charge in [0.2, 0.25) is 0 Å². The number of urea groups is 1. The van der Waals surface area contributed by atoms with Crippen molar-refractivity contribution < 1.29 is 4.79 Å². The normalized spacial score (nSPS) is 10.9. The Bertz CT molecular complexity index is 1170. The Labute approximate surface area is 179 Å². The Hall–Kier alpha value is -3.38. The zero-order chi connectivity index (χ0) is 20.9. The number of carbonyl (C=O) groups is 1. The lowest BCUT2D eigenvalue weighted by molar-refractivity contribution is 0.252. The Morgan fingerprint density at radius 1 is 1.10 bits per heavy atom. The van der Waals surface area contributed by atoms with Crippen LogP contribution in [0.4, 0.5) is 10.5 Å². The quantitative estimate of drug-likeness (QED) is 0.471. The van der Waals surface area contributed by atoms with Gasteiger partial charge in [-0.15, -0.1) is 0 Å². The van der Waals surface area contributed by atoms with Crippen molar-refractivity contribution in [1.29, 1.82) is 0 Å². The summed E-state index contributed by atoms with van der Waals surface area (Å²) in [6.07, 6.45) is 2.36.